The number of methoxy groups -OCH3 is 1. The number of nitrogens with one attached hydrogen (secondary N) is 1. The molecule has 1 aromatic heterocycles. The fraction of sp³-hybridized carbons (Fsp3) is 0.714. The molecule has 0 saturated carbocycles. The lowest BCUT2D eigenvalue weighted by molar-refractivity contribution is 0.183. The summed E-state index contributed by atoms with van der Waals surface area (Å²) in [5, 5.41) is 0. The van der Waals surface area contributed by atoms with Crippen molar-refractivity contribution in [2.45, 2.75) is 61.5 Å². The third-order valence-corrected chi connectivity index (χ3v) is 1.41. The maximum atomic E-state index is 10.6. The molecule has 0 aromatic carbocycles. The molecule has 4 nitrogen and oxygen atoms in total. The molecule has 108 valence electrons. The summed E-state index contributed by atoms with van der Waals surface area (Å²) in [7, 11) is 1.60. The molecule has 1 heterocycles. The van der Waals surface area contributed by atoms with Crippen LogP contribution in [0.4, 0.5) is 0 Å². The molecule has 0 bridgehead atoms. The predicted molar refractivity (Wildman–Crippen MR) is 79.0 cm³/mol. The van der Waals surface area contributed by atoms with Crippen LogP contribution in [0.2, 0.25) is 0 Å². The quantitative estimate of drug-likeness (QED) is 0.880. The van der Waals surface area contributed by atoms with E-state index in [1.54, 1.807) is 7.11 Å². The molecule has 0 unspecified atom stereocenters. The highest BCUT2D eigenvalue weighted by atomic mass is 16.5. The number of aromatic nitrogens is 2. The molecule has 0 amide bonds. The minimum atomic E-state index is -0.317. The van der Waals surface area contributed by atoms with Gasteiger partial charge in [-0.1, -0.05) is 48.0 Å². The zero-order valence-electron chi connectivity index (χ0n) is 13.3. The highest BCUT2D eigenvalue weighted by molar-refractivity contribution is 5.12. The molecule has 0 spiro atoms. The highest BCUT2D eigenvalue weighted by Gasteiger charge is 1.97. The number of ether oxygens (including phenoxy) is 1. The highest BCUT2D eigenvalue weighted by Crippen LogP contribution is 2.00. The van der Waals surface area contributed by atoms with E-state index < -0.39 is 0 Å². The Morgan fingerprint density at radius 2 is 1.67 bits per heavy atom. The monoisotopic (exact) mass is 258 g/mol. The van der Waals surface area contributed by atoms with E-state index in [0.29, 0.717) is 6.61 Å². The predicted octanol–water partition coefficient (Wildman–Crippen LogP) is 3.69. The minimum Gasteiger partial charge on any atom is -0.380 e. The Labute approximate surface area is 112 Å². The standard InChI is InChI=1S/C7H10N2O2.C3H8.2C2H6/c1-5-6(4-11-2)3-8-7(10)9-5;1-3-2;2*1-2/h3H,4H2,1-2H3,(H,8,9,10);3H2,1-2H3;2*1-2H3. The third-order valence-electron chi connectivity index (χ3n) is 1.41. The van der Waals surface area contributed by atoms with Crippen LogP contribution < -0.4 is 5.69 Å². The number of nitrogens with zero attached hydrogens (tertiary/aromatic N) is 1. The summed E-state index contributed by atoms with van der Waals surface area (Å²) in [4.78, 5) is 16.8. The van der Waals surface area contributed by atoms with Crippen LogP contribution in [0.25, 0.3) is 0 Å². The van der Waals surface area contributed by atoms with E-state index in [0.717, 1.165) is 11.3 Å². The fourth-order valence-electron chi connectivity index (χ4n) is 0.807. The summed E-state index contributed by atoms with van der Waals surface area (Å²) in [6.45, 7) is 14.5. The molecule has 0 atom stereocenters. The van der Waals surface area contributed by atoms with Gasteiger partial charge in [-0.25, -0.2) is 9.78 Å². The second-order valence-electron chi connectivity index (χ2n) is 2.98. The molecule has 0 fully saturated rings. The Hall–Kier alpha value is -1.16. The van der Waals surface area contributed by atoms with E-state index in [4.69, 9.17) is 4.74 Å². The summed E-state index contributed by atoms with van der Waals surface area (Å²) in [5.74, 6) is 0. The third kappa shape index (κ3) is 12.9. The van der Waals surface area contributed by atoms with Gasteiger partial charge in [0.15, 0.2) is 0 Å². The van der Waals surface area contributed by atoms with Gasteiger partial charge in [0.2, 0.25) is 0 Å². The van der Waals surface area contributed by atoms with E-state index in [9.17, 15) is 4.79 Å². The van der Waals surface area contributed by atoms with Crippen molar-refractivity contribution in [3.63, 3.8) is 0 Å². The van der Waals surface area contributed by atoms with Gasteiger partial charge in [0.1, 0.15) is 0 Å². The van der Waals surface area contributed by atoms with Crippen molar-refractivity contribution < 1.29 is 4.74 Å². The van der Waals surface area contributed by atoms with Crippen LogP contribution >= 0.6 is 0 Å². The Morgan fingerprint density at radius 3 is 2.00 bits per heavy atom. The van der Waals surface area contributed by atoms with E-state index >= 15 is 0 Å². The maximum absolute atomic E-state index is 10.6. The zero-order valence-corrected chi connectivity index (χ0v) is 13.3. The van der Waals surface area contributed by atoms with E-state index in [1.807, 2.05) is 34.6 Å². The first kappa shape index (κ1) is 22.1. The van der Waals surface area contributed by atoms with E-state index in [2.05, 4.69) is 23.8 Å². The SMILES string of the molecule is CC.CC.CCC.COCc1cnc(=O)[nH]c1C. The van der Waals surface area contributed by atoms with Crippen LogP contribution in [-0.4, -0.2) is 17.1 Å². The summed E-state index contributed by atoms with van der Waals surface area (Å²) in [6, 6.07) is 0. The number of rotatable bonds is 2. The van der Waals surface area contributed by atoms with Crippen molar-refractivity contribution in [3.8, 4) is 0 Å². The first-order valence-corrected chi connectivity index (χ1v) is 6.69. The molecular weight excluding hydrogens is 228 g/mol. The van der Waals surface area contributed by atoms with Gasteiger partial charge in [0.25, 0.3) is 0 Å². The van der Waals surface area contributed by atoms with E-state index in [-0.39, 0.29) is 5.69 Å². The van der Waals surface area contributed by atoms with Crippen LogP contribution in [0.15, 0.2) is 11.0 Å². The average Bonchev–Trinajstić information content (AvgIpc) is 2.39. The van der Waals surface area contributed by atoms with Gasteiger partial charge in [-0.15, -0.1) is 0 Å². The Morgan fingerprint density at radius 1 is 1.22 bits per heavy atom. The van der Waals surface area contributed by atoms with Crippen LogP contribution in [0, 0.1) is 6.92 Å². The molecule has 1 aromatic rings. The lowest BCUT2D eigenvalue weighted by atomic mass is 10.3. The smallest absolute Gasteiger partial charge is 0.345 e. The summed E-state index contributed by atoms with van der Waals surface area (Å²) in [5.41, 5.74) is 1.40. The van der Waals surface area contributed by atoms with Crippen molar-refractivity contribution in [2.24, 2.45) is 0 Å². The molecule has 18 heavy (non-hydrogen) atoms. The first-order valence-electron chi connectivity index (χ1n) is 6.69. The molecule has 4 heteroatoms. The van der Waals surface area contributed by atoms with Crippen molar-refractivity contribution in [1.29, 1.82) is 0 Å². The number of aromatic amines is 1. The molecule has 0 aliphatic carbocycles. The van der Waals surface area contributed by atoms with Gasteiger partial charge >= 0.3 is 5.69 Å². The number of aryl methyl sites for hydroxylation is 1. The lowest BCUT2D eigenvalue weighted by Crippen LogP contribution is -2.12. The topological polar surface area (TPSA) is 55.0 Å². The summed E-state index contributed by atoms with van der Waals surface area (Å²) in [6.07, 6.45) is 2.78. The minimum absolute atomic E-state index is 0.317. The number of hydrogen-bond donors (Lipinski definition) is 1. The second kappa shape index (κ2) is 18.2. The van der Waals surface area contributed by atoms with Crippen LogP contribution in [0.1, 0.15) is 59.2 Å². The fourth-order valence-corrected chi connectivity index (χ4v) is 0.807. The van der Waals surface area contributed by atoms with Gasteiger partial charge < -0.3 is 9.72 Å². The second-order valence-corrected chi connectivity index (χ2v) is 2.98. The molecule has 0 aliphatic heterocycles. The van der Waals surface area contributed by atoms with Gasteiger partial charge in [-0.3, -0.25) is 0 Å². The van der Waals surface area contributed by atoms with Crippen molar-refractivity contribution in [3.05, 3.63) is 27.9 Å². The zero-order chi connectivity index (χ0) is 15.0. The van der Waals surface area contributed by atoms with Crippen molar-refractivity contribution in [1.82, 2.24) is 9.97 Å². The number of H-pyrrole nitrogens is 1. The summed E-state index contributed by atoms with van der Waals surface area (Å²) >= 11 is 0. The van der Waals surface area contributed by atoms with Gasteiger partial charge in [0.05, 0.1) is 6.61 Å². The van der Waals surface area contributed by atoms with Crippen LogP contribution in [0.3, 0.4) is 0 Å². The Balaban J connectivity index is -0.000000274. The van der Waals surface area contributed by atoms with Crippen molar-refractivity contribution in [2.75, 3.05) is 7.11 Å². The maximum Gasteiger partial charge on any atom is 0.345 e. The van der Waals surface area contributed by atoms with E-state index in [1.165, 1.54) is 12.6 Å². The number of hydrogen-bond acceptors (Lipinski definition) is 3. The normalized spacial score (nSPS) is 7.78. The summed E-state index contributed by atoms with van der Waals surface area (Å²) < 4.78 is 4.89. The van der Waals surface area contributed by atoms with Gasteiger partial charge in [-0.05, 0) is 6.92 Å². The Bertz CT molecular complexity index is 309. The van der Waals surface area contributed by atoms with Crippen LogP contribution in [-0.2, 0) is 11.3 Å². The van der Waals surface area contributed by atoms with Crippen LogP contribution in [0.5, 0.6) is 0 Å². The molecular formula is C14H30N2O2. The largest absolute Gasteiger partial charge is 0.380 e. The van der Waals surface area contributed by atoms with Gasteiger partial charge in [0, 0.05) is 24.6 Å². The first-order chi connectivity index (χ1) is 8.65. The average molecular weight is 258 g/mol. The molecule has 1 rings (SSSR count). The Kier molecular flexibility index (Phi) is 22.3. The lowest BCUT2D eigenvalue weighted by Gasteiger charge is -2.00. The van der Waals surface area contributed by atoms with Crippen molar-refractivity contribution >= 4 is 0 Å². The molecule has 0 saturated heterocycles. The van der Waals surface area contributed by atoms with Gasteiger partial charge in [-0.2, -0.15) is 0 Å². The molecule has 0 radical (unpaired) electrons. The molecule has 0 aliphatic rings. The molecule has 1 N–H and O–H groups in total.